The molecule has 4 aromatic rings. The van der Waals surface area contributed by atoms with E-state index in [-0.39, 0.29) is 42.2 Å². The fraction of sp³-hybridized carbons (Fsp3) is 0.341. The molecule has 0 aliphatic carbocycles. The lowest BCUT2D eigenvalue weighted by molar-refractivity contribution is -0.173. The predicted octanol–water partition coefficient (Wildman–Crippen LogP) is 5.31. The number of para-hydroxylation sites is 2. The van der Waals surface area contributed by atoms with Crippen LogP contribution >= 0.6 is 0 Å². The Morgan fingerprint density at radius 1 is 0.645 bits per heavy atom. The molecule has 2 aliphatic rings. The molecule has 0 atom stereocenters. The van der Waals surface area contributed by atoms with Crippen LogP contribution in [0, 0.1) is 0 Å². The minimum Gasteiger partial charge on any atom is -0.496 e. The number of halogens is 3. The molecule has 330 valence electrons. The van der Waals surface area contributed by atoms with Crippen LogP contribution in [0.2, 0.25) is 0 Å². The number of nitrogens with zero attached hydrogens (tertiary/aromatic N) is 4. The van der Waals surface area contributed by atoms with Gasteiger partial charge in [0.1, 0.15) is 11.5 Å². The lowest BCUT2D eigenvalue weighted by atomic mass is 10.1. The number of rotatable bonds is 13. The van der Waals surface area contributed by atoms with E-state index >= 15 is 0 Å². The Bertz CT molecular complexity index is 2150. The van der Waals surface area contributed by atoms with Crippen molar-refractivity contribution < 1.29 is 56.1 Å². The second-order valence-corrected chi connectivity index (χ2v) is 13.9. The molecule has 0 spiro atoms. The molecular formula is C44H49F3N6O9. The summed E-state index contributed by atoms with van der Waals surface area (Å²) in [6.07, 6.45) is -5.07. The number of ketones is 2. The third-order valence-corrected chi connectivity index (χ3v) is 9.89. The van der Waals surface area contributed by atoms with Gasteiger partial charge in [-0.15, -0.1) is 0 Å². The lowest BCUT2D eigenvalue weighted by Gasteiger charge is -2.33. The van der Waals surface area contributed by atoms with Crippen molar-refractivity contribution in [1.29, 1.82) is 0 Å². The molecule has 0 bridgehead atoms. The first-order valence-electron chi connectivity index (χ1n) is 19.7. The van der Waals surface area contributed by atoms with Crippen LogP contribution in [0.1, 0.15) is 31.8 Å². The number of ether oxygens (including phenoxy) is 4. The van der Waals surface area contributed by atoms with Crippen molar-refractivity contribution in [2.24, 2.45) is 5.73 Å². The maximum Gasteiger partial charge on any atom is 0.471 e. The maximum atomic E-state index is 13.3. The van der Waals surface area contributed by atoms with Crippen molar-refractivity contribution in [3.63, 3.8) is 0 Å². The van der Waals surface area contributed by atoms with E-state index in [2.05, 4.69) is 0 Å². The van der Waals surface area contributed by atoms with E-state index in [1.807, 2.05) is 54.6 Å². The standard InChI is InChI=1S/C23H24F3N3O5.C21H25N3O4/c1-33-20-13-16(19(30)14-27-21(31)23(24,25)26)7-8-17(20)15-29(18-5-3-2-4-6-18)22(32)28-9-11-34-12-10-28;1-27-20-13-16(19(25)14-22)7-8-17(20)15-24(18-5-3-2-4-6-18)21(26)23-9-11-28-12-10-23/h2-8,13H,9-12,14-15H2,1H3,(H,27,31);2-8,13H,9-12,14-15,22H2,1H3. The van der Waals surface area contributed by atoms with Crippen LogP contribution in [0.4, 0.5) is 34.1 Å². The molecule has 3 N–H and O–H groups in total. The smallest absolute Gasteiger partial charge is 0.471 e. The van der Waals surface area contributed by atoms with Gasteiger partial charge < -0.3 is 39.8 Å². The second kappa shape index (κ2) is 22.4. The second-order valence-electron chi connectivity index (χ2n) is 13.9. The summed E-state index contributed by atoms with van der Waals surface area (Å²) in [4.78, 5) is 68.4. The van der Waals surface area contributed by atoms with Crippen LogP contribution in [0.5, 0.6) is 11.5 Å². The van der Waals surface area contributed by atoms with Gasteiger partial charge in [-0.05, 0) is 36.4 Å². The van der Waals surface area contributed by atoms with Gasteiger partial charge in [-0.1, -0.05) is 60.7 Å². The topological polar surface area (TPSA) is 173 Å². The van der Waals surface area contributed by atoms with Crippen molar-refractivity contribution in [1.82, 2.24) is 15.1 Å². The largest absolute Gasteiger partial charge is 0.496 e. The molecule has 0 aromatic heterocycles. The first-order chi connectivity index (χ1) is 29.8. The Morgan fingerprint density at radius 3 is 1.42 bits per heavy atom. The van der Waals surface area contributed by atoms with Crippen LogP contribution in [-0.4, -0.2) is 125 Å². The van der Waals surface area contributed by atoms with Crippen LogP contribution in [0.25, 0.3) is 0 Å². The first kappa shape index (κ1) is 46.6. The molecule has 62 heavy (non-hydrogen) atoms. The number of methoxy groups -OCH3 is 2. The van der Waals surface area contributed by atoms with Gasteiger partial charge in [-0.2, -0.15) is 13.2 Å². The average Bonchev–Trinajstić information content (AvgIpc) is 3.31. The number of nitrogens with two attached hydrogens (primary N) is 1. The number of carbonyl (C=O) groups excluding carboxylic acids is 5. The first-order valence-corrected chi connectivity index (χ1v) is 19.7. The van der Waals surface area contributed by atoms with E-state index in [1.54, 1.807) is 62.4 Å². The van der Waals surface area contributed by atoms with E-state index in [1.165, 1.54) is 19.2 Å². The Labute approximate surface area is 357 Å². The molecular weight excluding hydrogens is 814 g/mol. The Hall–Kier alpha value is -6.50. The minimum absolute atomic E-state index is 0.0614. The third kappa shape index (κ3) is 12.5. The van der Waals surface area contributed by atoms with Gasteiger partial charge in [0, 0.05) is 59.8 Å². The zero-order valence-corrected chi connectivity index (χ0v) is 34.4. The molecule has 2 saturated heterocycles. The molecule has 2 aliphatic heterocycles. The molecule has 0 radical (unpaired) electrons. The Balaban J connectivity index is 0.000000238. The number of morpholine rings is 2. The number of alkyl halides is 3. The molecule has 18 heteroatoms. The average molecular weight is 863 g/mol. The number of anilines is 2. The molecule has 2 fully saturated rings. The molecule has 15 nitrogen and oxygen atoms in total. The highest BCUT2D eigenvalue weighted by Crippen LogP contribution is 2.28. The number of amides is 5. The molecule has 2 heterocycles. The fourth-order valence-electron chi connectivity index (χ4n) is 6.52. The summed E-state index contributed by atoms with van der Waals surface area (Å²) < 4.78 is 58.6. The summed E-state index contributed by atoms with van der Waals surface area (Å²) in [5.74, 6) is -2.23. The van der Waals surface area contributed by atoms with Gasteiger partial charge in [-0.3, -0.25) is 24.2 Å². The number of nitrogens with one attached hydrogen (secondary N) is 1. The number of urea groups is 2. The molecule has 6 rings (SSSR count). The molecule has 5 amide bonds. The number of hydrogen-bond donors (Lipinski definition) is 2. The summed E-state index contributed by atoms with van der Waals surface area (Å²) in [5, 5.41) is 1.56. The molecule has 0 saturated carbocycles. The fourth-order valence-corrected chi connectivity index (χ4v) is 6.52. The number of hydrogen-bond acceptors (Lipinski definition) is 10. The number of benzene rings is 4. The van der Waals surface area contributed by atoms with Crippen molar-refractivity contribution >= 4 is 40.9 Å². The summed E-state index contributed by atoms with van der Waals surface area (Å²) >= 11 is 0. The van der Waals surface area contributed by atoms with Crippen LogP contribution < -0.4 is 30.3 Å². The number of Topliss-reactive ketones (excluding diaryl/α,β-unsaturated/α-hetero) is 2. The Morgan fingerprint density at radius 2 is 1.05 bits per heavy atom. The predicted molar refractivity (Wildman–Crippen MR) is 224 cm³/mol. The van der Waals surface area contributed by atoms with Crippen molar-refractivity contribution in [2.75, 3.05) is 89.7 Å². The van der Waals surface area contributed by atoms with Gasteiger partial charge in [-0.25, -0.2) is 9.59 Å². The highest BCUT2D eigenvalue weighted by atomic mass is 19.4. The van der Waals surface area contributed by atoms with Crippen LogP contribution in [0.3, 0.4) is 0 Å². The van der Waals surface area contributed by atoms with Crippen molar-refractivity contribution in [3.05, 3.63) is 119 Å². The Kier molecular flexibility index (Phi) is 16.8. The lowest BCUT2D eigenvalue weighted by Crippen LogP contribution is -2.48. The van der Waals surface area contributed by atoms with E-state index in [9.17, 15) is 37.1 Å². The van der Waals surface area contributed by atoms with Crippen LogP contribution in [-0.2, 0) is 27.4 Å². The molecule has 4 aromatic carbocycles. The van der Waals surface area contributed by atoms with Gasteiger partial charge in [0.05, 0.1) is 66.8 Å². The van der Waals surface area contributed by atoms with E-state index in [0.29, 0.717) is 81.7 Å². The minimum atomic E-state index is -5.07. The van der Waals surface area contributed by atoms with Crippen LogP contribution in [0.15, 0.2) is 97.1 Å². The zero-order chi connectivity index (χ0) is 44.6. The molecule has 0 unspecified atom stereocenters. The normalized spacial score (nSPS) is 13.8. The maximum absolute atomic E-state index is 13.3. The number of carbonyl (C=O) groups is 5. The van der Waals surface area contributed by atoms with Crippen molar-refractivity contribution in [2.45, 2.75) is 19.3 Å². The van der Waals surface area contributed by atoms with Gasteiger partial charge in [0.15, 0.2) is 11.6 Å². The van der Waals surface area contributed by atoms with Gasteiger partial charge >= 0.3 is 24.1 Å². The highest BCUT2D eigenvalue weighted by molar-refractivity contribution is 6.00. The third-order valence-electron chi connectivity index (χ3n) is 9.89. The van der Waals surface area contributed by atoms with E-state index in [4.69, 9.17) is 24.7 Å². The van der Waals surface area contributed by atoms with Gasteiger partial charge in [0.25, 0.3) is 0 Å². The van der Waals surface area contributed by atoms with E-state index < -0.39 is 24.4 Å². The summed E-state index contributed by atoms with van der Waals surface area (Å²) in [6.45, 7) is 3.56. The quantitative estimate of drug-likeness (QED) is 0.168. The SMILES string of the molecule is COc1cc(C(=O)CN)ccc1CN(C(=O)N1CCOCC1)c1ccccc1.COc1cc(C(=O)CNC(=O)C(F)(F)F)ccc1CN(C(=O)N1CCOCC1)c1ccccc1. The highest BCUT2D eigenvalue weighted by Gasteiger charge is 2.38. The van der Waals surface area contributed by atoms with Crippen molar-refractivity contribution in [3.8, 4) is 11.5 Å². The monoisotopic (exact) mass is 862 g/mol. The summed E-state index contributed by atoms with van der Waals surface area (Å²) in [6, 6.07) is 27.8. The summed E-state index contributed by atoms with van der Waals surface area (Å²) in [5.41, 5.74) is 8.86. The summed E-state index contributed by atoms with van der Waals surface area (Å²) in [7, 11) is 2.93. The van der Waals surface area contributed by atoms with E-state index in [0.717, 1.165) is 11.3 Å². The zero-order valence-electron chi connectivity index (χ0n) is 34.4. The van der Waals surface area contributed by atoms with Gasteiger partial charge in [0.2, 0.25) is 0 Å².